The first kappa shape index (κ1) is 16.4. The molecule has 6 nitrogen and oxygen atoms in total. The average Bonchev–Trinajstić information content (AvgIpc) is 2.48. The first-order chi connectivity index (χ1) is 10.9. The largest absolute Gasteiger partial charge is 0.506 e. The Morgan fingerprint density at radius 2 is 1.87 bits per heavy atom. The van der Waals surface area contributed by atoms with Crippen LogP contribution in [0.3, 0.4) is 0 Å². The molecule has 3 N–H and O–H groups in total. The minimum atomic E-state index is -1.15. The highest BCUT2D eigenvalue weighted by atomic mass is 16.5. The first-order valence-electron chi connectivity index (χ1n) is 6.93. The lowest BCUT2D eigenvalue weighted by molar-refractivity contribution is -0.118. The maximum Gasteiger partial charge on any atom is 0.335 e. The Bertz CT molecular complexity index is 755. The van der Waals surface area contributed by atoms with Gasteiger partial charge in [0.1, 0.15) is 11.5 Å². The second kappa shape index (κ2) is 6.83. The van der Waals surface area contributed by atoms with Crippen LogP contribution in [0.25, 0.3) is 0 Å². The van der Waals surface area contributed by atoms with Crippen LogP contribution >= 0.6 is 0 Å². The number of aromatic hydroxyl groups is 1. The van der Waals surface area contributed by atoms with Gasteiger partial charge in [-0.3, -0.25) is 4.79 Å². The summed E-state index contributed by atoms with van der Waals surface area (Å²) >= 11 is 0. The number of carbonyl (C=O) groups is 2. The van der Waals surface area contributed by atoms with Gasteiger partial charge in [0, 0.05) is 0 Å². The van der Waals surface area contributed by atoms with E-state index in [-0.39, 0.29) is 23.6 Å². The number of ether oxygens (including phenoxy) is 1. The predicted molar refractivity (Wildman–Crippen MR) is 85.1 cm³/mol. The second-order valence-electron chi connectivity index (χ2n) is 5.14. The van der Waals surface area contributed by atoms with Crippen molar-refractivity contribution in [2.45, 2.75) is 13.8 Å². The number of rotatable bonds is 5. The van der Waals surface area contributed by atoms with Crippen molar-refractivity contribution < 1.29 is 24.5 Å². The molecule has 2 rings (SSSR count). The maximum atomic E-state index is 11.9. The lowest BCUT2D eigenvalue weighted by atomic mass is 10.1. The summed E-state index contributed by atoms with van der Waals surface area (Å²) in [4.78, 5) is 22.8. The van der Waals surface area contributed by atoms with E-state index < -0.39 is 11.9 Å². The third-order valence-corrected chi connectivity index (χ3v) is 3.21. The molecule has 0 aliphatic heterocycles. The molecule has 0 bridgehead atoms. The van der Waals surface area contributed by atoms with Crippen molar-refractivity contribution in [1.29, 1.82) is 0 Å². The Balaban J connectivity index is 2.02. The molecule has 1 amide bonds. The van der Waals surface area contributed by atoms with Crippen molar-refractivity contribution in [2.24, 2.45) is 0 Å². The number of phenols is 1. The van der Waals surface area contributed by atoms with Crippen molar-refractivity contribution >= 4 is 17.6 Å². The number of benzene rings is 2. The number of phenolic OH excluding ortho intramolecular Hbond substituents is 1. The number of carboxylic acids is 1. The number of hydrogen-bond donors (Lipinski definition) is 3. The van der Waals surface area contributed by atoms with E-state index in [2.05, 4.69) is 5.32 Å². The Morgan fingerprint density at radius 1 is 1.13 bits per heavy atom. The minimum absolute atomic E-state index is 0.0270. The molecular formula is C17H17NO5. The molecule has 0 saturated carbocycles. The molecule has 0 unspecified atom stereocenters. The number of anilines is 1. The third-order valence-electron chi connectivity index (χ3n) is 3.21. The van der Waals surface area contributed by atoms with Crippen molar-refractivity contribution in [3.05, 3.63) is 53.1 Å². The van der Waals surface area contributed by atoms with Gasteiger partial charge in [-0.15, -0.1) is 0 Å². The van der Waals surface area contributed by atoms with Gasteiger partial charge in [-0.05, 0) is 43.7 Å². The molecule has 0 saturated heterocycles. The molecule has 0 spiro atoms. The molecule has 120 valence electrons. The fraction of sp³-hybridized carbons (Fsp3) is 0.176. The van der Waals surface area contributed by atoms with Gasteiger partial charge >= 0.3 is 5.97 Å². The summed E-state index contributed by atoms with van der Waals surface area (Å²) in [5.41, 5.74) is 2.00. The minimum Gasteiger partial charge on any atom is -0.506 e. The van der Waals surface area contributed by atoms with Crippen LogP contribution < -0.4 is 10.1 Å². The predicted octanol–water partition coefficient (Wildman–Crippen LogP) is 2.72. The van der Waals surface area contributed by atoms with Crippen molar-refractivity contribution in [1.82, 2.24) is 0 Å². The van der Waals surface area contributed by atoms with Crippen molar-refractivity contribution in [2.75, 3.05) is 11.9 Å². The van der Waals surface area contributed by atoms with E-state index in [9.17, 15) is 14.7 Å². The SMILES string of the molecule is Cc1ccc(OCC(=O)Nc2cc(C(=O)O)ccc2O)c(C)c1. The van der Waals surface area contributed by atoms with Crippen LogP contribution in [0.1, 0.15) is 21.5 Å². The second-order valence-corrected chi connectivity index (χ2v) is 5.14. The molecule has 0 fully saturated rings. The van der Waals surface area contributed by atoms with Crippen LogP contribution in [0, 0.1) is 13.8 Å². The highest BCUT2D eigenvalue weighted by molar-refractivity contribution is 5.96. The van der Waals surface area contributed by atoms with Crippen LogP contribution in [-0.4, -0.2) is 28.7 Å². The number of aromatic carboxylic acids is 1. The Labute approximate surface area is 133 Å². The van der Waals surface area contributed by atoms with Crippen LogP contribution in [0.2, 0.25) is 0 Å². The first-order valence-corrected chi connectivity index (χ1v) is 6.93. The summed E-state index contributed by atoms with van der Waals surface area (Å²) in [6.07, 6.45) is 0. The standard InChI is InChI=1S/C17H17NO5/c1-10-3-6-15(11(2)7-10)23-9-16(20)18-13-8-12(17(21)22)4-5-14(13)19/h3-8,19H,9H2,1-2H3,(H,18,20)(H,21,22). The lowest BCUT2D eigenvalue weighted by Gasteiger charge is -2.11. The zero-order valence-electron chi connectivity index (χ0n) is 12.8. The molecule has 0 aromatic heterocycles. The van der Waals surface area contributed by atoms with Gasteiger partial charge in [0.05, 0.1) is 11.3 Å². The van der Waals surface area contributed by atoms with Gasteiger partial charge in [0.2, 0.25) is 0 Å². The van der Waals surface area contributed by atoms with E-state index in [1.807, 2.05) is 26.0 Å². The van der Waals surface area contributed by atoms with Crippen LogP contribution in [0.15, 0.2) is 36.4 Å². The Morgan fingerprint density at radius 3 is 2.52 bits per heavy atom. The number of carbonyl (C=O) groups excluding carboxylic acids is 1. The molecule has 0 heterocycles. The highest BCUT2D eigenvalue weighted by Crippen LogP contribution is 2.24. The zero-order chi connectivity index (χ0) is 17.0. The number of aryl methyl sites for hydroxylation is 2. The molecule has 23 heavy (non-hydrogen) atoms. The molecule has 2 aromatic carbocycles. The van der Waals surface area contributed by atoms with Gasteiger partial charge in [0.25, 0.3) is 5.91 Å². The molecule has 0 atom stereocenters. The molecule has 0 radical (unpaired) electrons. The summed E-state index contributed by atoms with van der Waals surface area (Å²) < 4.78 is 5.43. The molecule has 6 heteroatoms. The fourth-order valence-electron chi connectivity index (χ4n) is 2.06. The van der Waals surface area contributed by atoms with Crippen molar-refractivity contribution in [3.63, 3.8) is 0 Å². The summed E-state index contributed by atoms with van der Waals surface area (Å²) in [6.45, 7) is 3.59. The van der Waals surface area contributed by atoms with E-state index in [4.69, 9.17) is 9.84 Å². The topological polar surface area (TPSA) is 95.9 Å². The number of hydrogen-bond acceptors (Lipinski definition) is 4. The lowest BCUT2D eigenvalue weighted by Crippen LogP contribution is -2.20. The summed E-state index contributed by atoms with van der Waals surface area (Å²) in [6, 6.07) is 9.24. The van der Waals surface area contributed by atoms with E-state index in [1.54, 1.807) is 6.07 Å². The van der Waals surface area contributed by atoms with Gasteiger partial charge in [-0.2, -0.15) is 0 Å². The van der Waals surface area contributed by atoms with E-state index in [0.717, 1.165) is 11.1 Å². The van der Waals surface area contributed by atoms with Crippen LogP contribution in [0.5, 0.6) is 11.5 Å². The number of carboxylic acid groups (broad SMARTS) is 1. The molecule has 0 aliphatic carbocycles. The smallest absolute Gasteiger partial charge is 0.335 e. The summed E-state index contributed by atoms with van der Waals surface area (Å²) in [7, 11) is 0. The number of nitrogens with one attached hydrogen (secondary N) is 1. The maximum absolute atomic E-state index is 11.9. The highest BCUT2D eigenvalue weighted by Gasteiger charge is 2.11. The summed E-state index contributed by atoms with van der Waals surface area (Å²) in [5.74, 6) is -1.26. The zero-order valence-corrected chi connectivity index (χ0v) is 12.8. The van der Waals surface area contributed by atoms with Gasteiger partial charge in [0.15, 0.2) is 6.61 Å². The quantitative estimate of drug-likeness (QED) is 0.737. The molecular weight excluding hydrogens is 298 g/mol. The molecule has 2 aromatic rings. The summed E-state index contributed by atoms with van der Waals surface area (Å²) in [5, 5.41) is 21.0. The molecule has 0 aliphatic rings. The normalized spacial score (nSPS) is 10.2. The fourth-order valence-corrected chi connectivity index (χ4v) is 2.06. The third kappa shape index (κ3) is 4.23. The van der Waals surface area contributed by atoms with Crippen molar-refractivity contribution in [3.8, 4) is 11.5 Å². The van der Waals surface area contributed by atoms with E-state index >= 15 is 0 Å². The van der Waals surface area contributed by atoms with E-state index in [1.165, 1.54) is 18.2 Å². The van der Waals surface area contributed by atoms with Gasteiger partial charge in [-0.1, -0.05) is 17.7 Å². The van der Waals surface area contributed by atoms with E-state index in [0.29, 0.717) is 5.75 Å². The number of amides is 1. The van der Waals surface area contributed by atoms with Crippen LogP contribution in [0.4, 0.5) is 5.69 Å². The Kier molecular flexibility index (Phi) is 4.85. The van der Waals surface area contributed by atoms with Gasteiger partial charge in [-0.25, -0.2) is 4.79 Å². The van der Waals surface area contributed by atoms with Crippen LogP contribution in [-0.2, 0) is 4.79 Å². The average molecular weight is 315 g/mol. The monoisotopic (exact) mass is 315 g/mol. The Hall–Kier alpha value is -3.02. The van der Waals surface area contributed by atoms with Gasteiger partial charge < -0.3 is 20.3 Å².